The van der Waals surface area contributed by atoms with E-state index in [9.17, 15) is 9.59 Å². The van der Waals surface area contributed by atoms with Crippen molar-refractivity contribution in [3.05, 3.63) is 53.6 Å². The second-order valence-corrected chi connectivity index (χ2v) is 8.95. The number of aromatic nitrogens is 3. The van der Waals surface area contributed by atoms with Gasteiger partial charge in [0.25, 0.3) is 0 Å². The summed E-state index contributed by atoms with van der Waals surface area (Å²) in [5.41, 5.74) is 3.02. The number of carbonyl (C=O) groups is 2. The predicted molar refractivity (Wildman–Crippen MR) is 129 cm³/mol. The highest BCUT2D eigenvalue weighted by Gasteiger charge is 2.31. The fourth-order valence-electron chi connectivity index (χ4n) is 4.48. The van der Waals surface area contributed by atoms with E-state index in [0.717, 1.165) is 47.4 Å². The van der Waals surface area contributed by atoms with Crippen molar-refractivity contribution in [2.24, 2.45) is 0 Å². The third-order valence-electron chi connectivity index (χ3n) is 6.30. The van der Waals surface area contributed by atoms with E-state index in [1.54, 1.807) is 11.8 Å². The largest absolute Gasteiger partial charge is 0.363 e. The van der Waals surface area contributed by atoms with Gasteiger partial charge in [-0.05, 0) is 30.9 Å². The fraction of sp³-hybridized carbons (Fsp3) is 0.440. The lowest BCUT2D eigenvalue weighted by Crippen LogP contribution is -2.31. The first-order valence-electron chi connectivity index (χ1n) is 11.4. The van der Waals surface area contributed by atoms with Gasteiger partial charge in [-0.2, -0.15) is 0 Å². The molecule has 1 aromatic carbocycles. The van der Waals surface area contributed by atoms with Crippen molar-refractivity contribution in [2.45, 2.75) is 45.2 Å². The van der Waals surface area contributed by atoms with Crippen molar-refractivity contribution in [3.63, 3.8) is 0 Å². The summed E-state index contributed by atoms with van der Waals surface area (Å²) in [6.07, 6.45) is 4.90. The SMILES string of the molecule is CC(=O)N1CCC[C@@H]1c1nc(CN(C)C(=O)CCc2c[nH]c3ccccc23)cc(N(C)C)n1. The van der Waals surface area contributed by atoms with Gasteiger partial charge in [0.15, 0.2) is 5.82 Å². The van der Waals surface area contributed by atoms with Crippen LogP contribution in [0.2, 0.25) is 0 Å². The molecule has 2 amide bonds. The van der Waals surface area contributed by atoms with Crippen LogP contribution in [0.1, 0.15) is 49.3 Å². The first-order valence-corrected chi connectivity index (χ1v) is 11.4. The predicted octanol–water partition coefficient (Wildman–Crippen LogP) is 3.30. The zero-order chi connectivity index (χ0) is 23.5. The molecule has 1 aliphatic heterocycles. The number of H-pyrrole nitrogens is 1. The maximum absolute atomic E-state index is 12.9. The Morgan fingerprint density at radius 1 is 1.18 bits per heavy atom. The van der Waals surface area contributed by atoms with Crippen LogP contribution in [0, 0.1) is 0 Å². The number of amides is 2. The number of hydrogen-bond donors (Lipinski definition) is 1. The van der Waals surface area contributed by atoms with Crippen LogP contribution in [-0.2, 0) is 22.6 Å². The summed E-state index contributed by atoms with van der Waals surface area (Å²) in [4.78, 5) is 43.2. The van der Waals surface area contributed by atoms with Crippen LogP contribution in [-0.4, -0.2) is 64.3 Å². The number of anilines is 1. The lowest BCUT2D eigenvalue weighted by molar-refractivity contribution is -0.130. The molecule has 0 saturated carbocycles. The standard InChI is InChI=1S/C25H32N6O2/c1-17(32)31-13-7-10-22(31)25-27-19(14-23(28-25)29(2)3)16-30(4)24(33)12-11-18-15-26-21-9-6-5-8-20(18)21/h5-6,8-9,14-15,22,26H,7,10-13,16H2,1-4H3/t22-/m1/s1. The number of carbonyl (C=O) groups excluding carboxylic acids is 2. The lowest BCUT2D eigenvalue weighted by Gasteiger charge is -2.24. The van der Waals surface area contributed by atoms with Gasteiger partial charge in [0, 0.05) is 64.2 Å². The molecular formula is C25H32N6O2. The van der Waals surface area contributed by atoms with E-state index in [1.807, 2.05) is 61.4 Å². The molecule has 33 heavy (non-hydrogen) atoms. The Morgan fingerprint density at radius 2 is 1.97 bits per heavy atom. The van der Waals surface area contributed by atoms with E-state index < -0.39 is 0 Å². The summed E-state index contributed by atoms with van der Waals surface area (Å²) in [5.74, 6) is 1.55. The minimum absolute atomic E-state index is 0.0440. The number of nitrogens with one attached hydrogen (secondary N) is 1. The van der Waals surface area contributed by atoms with Gasteiger partial charge in [0.05, 0.1) is 18.3 Å². The average Bonchev–Trinajstić information content (AvgIpc) is 3.44. The molecule has 1 atom stereocenters. The van der Waals surface area contributed by atoms with E-state index in [2.05, 4.69) is 11.1 Å². The van der Waals surface area contributed by atoms with Gasteiger partial charge < -0.3 is 19.7 Å². The highest BCUT2D eigenvalue weighted by molar-refractivity contribution is 5.84. The third-order valence-corrected chi connectivity index (χ3v) is 6.30. The first kappa shape index (κ1) is 22.8. The quantitative estimate of drug-likeness (QED) is 0.599. The zero-order valence-electron chi connectivity index (χ0n) is 19.8. The molecule has 0 unspecified atom stereocenters. The van der Waals surface area contributed by atoms with Crippen molar-refractivity contribution < 1.29 is 9.59 Å². The minimum atomic E-state index is -0.107. The van der Waals surface area contributed by atoms with Crippen LogP contribution >= 0.6 is 0 Å². The van der Waals surface area contributed by atoms with Gasteiger partial charge >= 0.3 is 0 Å². The summed E-state index contributed by atoms with van der Waals surface area (Å²) in [7, 11) is 5.68. The Kier molecular flexibility index (Phi) is 6.62. The van der Waals surface area contributed by atoms with Crippen LogP contribution in [0.4, 0.5) is 5.82 Å². The molecule has 0 aliphatic carbocycles. The first-order chi connectivity index (χ1) is 15.8. The summed E-state index contributed by atoms with van der Waals surface area (Å²) < 4.78 is 0. The number of nitrogens with zero attached hydrogens (tertiary/aromatic N) is 5. The number of para-hydroxylation sites is 1. The zero-order valence-corrected chi connectivity index (χ0v) is 19.8. The van der Waals surface area contributed by atoms with Gasteiger partial charge in [-0.25, -0.2) is 9.97 Å². The fourth-order valence-corrected chi connectivity index (χ4v) is 4.48. The maximum atomic E-state index is 12.9. The van der Waals surface area contributed by atoms with Crippen LogP contribution in [0.15, 0.2) is 36.5 Å². The molecule has 0 spiro atoms. The van der Waals surface area contributed by atoms with E-state index in [1.165, 1.54) is 0 Å². The number of aromatic amines is 1. The van der Waals surface area contributed by atoms with E-state index >= 15 is 0 Å². The molecule has 3 aromatic rings. The minimum Gasteiger partial charge on any atom is -0.363 e. The Bertz CT molecular complexity index is 1150. The number of aryl methyl sites for hydroxylation is 1. The Morgan fingerprint density at radius 3 is 2.73 bits per heavy atom. The maximum Gasteiger partial charge on any atom is 0.222 e. The van der Waals surface area contributed by atoms with Gasteiger partial charge in [0.2, 0.25) is 11.8 Å². The number of likely N-dealkylation sites (tertiary alicyclic amines) is 1. The molecule has 0 bridgehead atoms. The molecule has 4 rings (SSSR count). The van der Waals surface area contributed by atoms with Crippen molar-refractivity contribution in [1.29, 1.82) is 0 Å². The molecule has 1 aliphatic rings. The van der Waals surface area contributed by atoms with Crippen molar-refractivity contribution in [3.8, 4) is 0 Å². The summed E-state index contributed by atoms with van der Waals surface area (Å²) in [5, 5.41) is 1.16. The number of fused-ring (bicyclic) bond motifs is 1. The highest BCUT2D eigenvalue weighted by atomic mass is 16.2. The molecule has 174 valence electrons. The molecule has 1 saturated heterocycles. The van der Waals surface area contributed by atoms with Crippen LogP contribution in [0.5, 0.6) is 0 Å². The van der Waals surface area contributed by atoms with Gasteiger partial charge in [-0.15, -0.1) is 0 Å². The Labute approximate surface area is 194 Å². The third kappa shape index (κ3) is 4.99. The second kappa shape index (κ2) is 9.60. The Hall–Kier alpha value is -3.42. The van der Waals surface area contributed by atoms with E-state index in [4.69, 9.17) is 9.97 Å². The smallest absolute Gasteiger partial charge is 0.222 e. The number of hydrogen-bond acceptors (Lipinski definition) is 5. The monoisotopic (exact) mass is 448 g/mol. The van der Waals surface area contributed by atoms with Gasteiger partial charge in [0.1, 0.15) is 5.82 Å². The van der Waals surface area contributed by atoms with Crippen molar-refractivity contribution >= 4 is 28.5 Å². The van der Waals surface area contributed by atoms with E-state index in [0.29, 0.717) is 25.2 Å². The Balaban J connectivity index is 1.47. The molecule has 1 N–H and O–H groups in total. The van der Waals surface area contributed by atoms with E-state index in [-0.39, 0.29) is 17.9 Å². The van der Waals surface area contributed by atoms with Crippen LogP contribution in [0.3, 0.4) is 0 Å². The normalized spacial score (nSPS) is 15.8. The number of rotatable bonds is 7. The topological polar surface area (TPSA) is 85.4 Å². The molecule has 3 heterocycles. The van der Waals surface area contributed by atoms with Crippen LogP contribution < -0.4 is 4.90 Å². The van der Waals surface area contributed by atoms with Crippen molar-refractivity contribution in [2.75, 3.05) is 32.6 Å². The molecule has 8 nitrogen and oxygen atoms in total. The molecule has 0 radical (unpaired) electrons. The van der Waals surface area contributed by atoms with Gasteiger partial charge in [-0.3, -0.25) is 9.59 Å². The molecule has 8 heteroatoms. The highest BCUT2D eigenvalue weighted by Crippen LogP contribution is 2.31. The second-order valence-electron chi connectivity index (χ2n) is 8.95. The average molecular weight is 449 g/mol. The van der Waals surface area contributed by atoms with Crippen molar-refractivity contribution in [1.82, 2.24) is 24.8 Å². The molecular weight excluding hydrogens is 416 g/mol. The number of benzene rings is 1. The van der Waals surface area contributed by atoms with Crippen LogP contribution in [0.25, 0.3) is 10.9 Å². The summed E-state index contributed by atoms with van der Waals surface area (Å²) in [6.45, 7) is 2.72. The molecule has 1 fully saturated rings. The summed E-state index contributed by atoms with van der Waals surface area (Å²) in [6, 6.07) is 9.94. The van der Waals surface area contributed by atoms with Gasteiger partial charge in [-0.1, -0.05) is 18.2 Å². The summed E-state index contributed by atoms with van der Waals surface area (Å²) >= 11 is 0. The molecule has 2 aromatic heterocycles. The lowest BCUT2D eigenvalue weighted by atomic mass is 10.1.